The predicted octanol–water partition coefficient (Wildman–Crippen LogP) is 2.41. The molecule has 1 heterocycles. The van der Waals surface area contributed by atoms with E-state index in [-0.39, 0.29) is 5.91 Å². The summed E-state index contributed by atoms with van der Waals surface area (Å²) in [6.07, 6.45) is 3.86. The van der Waals surface area contributed by atoms with Crippen molar-refractivity contribution in [2.24, 2.45) is 10.9 Å². The zero-order valence-electron chi connectivity index (χ0n) is 16.7. The second-order valence-corrected chi connectivity index (χ2v) is 7.01. The van der Waals surface area contributed by atoms with Gasteiger partial charge >= 0.3 is 0 Å². The monoisotopic (exact) mass is 374 g/mol. The highest BCUT2D eigenvalue weighted by atomic mass is 16.5. The number of carbonyl (C=O) groups excluding carboxylic acids is 1. The van der Waals surface area contributed by atoms with E-state index in [1.165, 1.54) is 0 Å². The van der Waals surface area contributed by atoms with Crippen LogP contribution in [0.15, 0.2) is 35.3 Å². The number of aliphatic imine (C=N–C) groups is 1. The van der Waals surface area contributed by atoms with Crippen molar-refractivity contribution in [1.29, 1.82) is 0 Å². The van der Waals surface area contributed by atoms with E-state index in [1.807, 2.05) is 30.3 Å². The Bertz CT molecular complexity index is 571. The van der Waals surface area contributed by atoms with Crippen LogP contribution in [-0.2, 0) is 16.1 Å². The maximum absolute atomic E-state index is 12.0. The van der Waals surface area contributed by atoms with Crippen molar-refractivity contribution in [2.45, 2.75) is 39.2 Å². The van der Waals surface area contributed by atoms with E-state index >= 15 is 0 Å². The van der Waals surface area contributed by atoms with Crippen LogP contribution in [0.5, 0.6) is 0 Å². The van der Waals surface area contributed by atoms with Crippen molar-refractivity contribution in [3.8, 4) is 0 Å². The second-order valence-electron chi connectivity index (χ2n) is 7.01. The van der Waals surface area contributed by atoms with Crippen LogP contribution in [0.4, 0.5) is 0 Å². The van der Waals surface area contributed by atoms with Gasteiger partial charge in [0, 0.05) is 46.3 Å². The maximum Gasteiger partial charge on any atom is 0.222 e. The number of hydrogen-bond donors (Lipinski definition) is 2. The molecule has 0 unspecified atom stereocenters. The summed E-state index contributed by atoms with van der Waals surface area (Å²) >= 11 is 0. The van der Waals surface area contributed by atoms with Gasteiger partial charge in [-0.05, 0) is 37.7 Å². The Hall–Kier alpha value is -2.08. The first-order valence-corrected chi connectivity index (χ1v) is 10.1. The van der Waals surface area contributed by atoms with Crippen molar-refractivity contribution in [3.05, 3.63) is 35.9 Å². The molecule has 1 aliphatic heterocycles. The lowest BCUT2D eigenvalue weighted by Gasteiger charge is -2.26. The topological polar surface area (TPSA) is 66.0 Å². The molecule has 0 aliphatic carbocycles. The minimum absolute atomic E-state index is 0.0308. The number of benzene rings is 1. The third-order valence-electron chi connectivity index (χ3n) is 4.84. The average molecular weight is 375 g/mol. The first-order valence-electron chi connectivity index (χ1n) is 10.1. The van der Waals surface area contributed by atoms with Crippen molar-refractivity contribution < 1.29 is 9.53 Å². The van der Waals surface area contributed by atoms with Gasteiger partial charge in [0.2, 0.25) is 5.91 Å². The molecule has 2 N–H and O–H groups in total. The molecule has 1 saturated heterocycles. The molecule has 150 valence electrons. The van der Waals surface area contributed by atoms with Gasteiger partial charge in [-0.2, -0.15) is 0 Å². The quantitative estimate of drug-likeness (QED) is 0.515. The maximum atomic E-state index is 12.0. The van der Waals surface area contributed by atoms with E-state index in [9.17, 15) is 4.79 Å². The fourth-order valence-corrected chi connectivity index (χ4v) is 3.14. The molecule has 2 rings (SSSR count). The largest absolute Gasteiger partial charge is 0.381 e. The van der Waals surface area contributed by atoms with Gasteiger partial charge in [0.05, 0.1) is 6.54 Å². The number of carbonyl (C=O) groups is 1. The molecule has 27 heavy (non-hydrogen) atoms. The molecule has 6 heteroatoms. The zero-order chi connectivity index (χ0) is 19.3. The summed E-state index contributed by atoms with van der Waals surface area (Å²) in [6.45, 7) is 6.69. The van der Waals surface area contributed by atoms with E-state index in [0.717, 1.165) is 63.0 Å². The highest BCUT2D eigenvalue weighted by Gasteiger charge is 2.15. The van der Waals surface area contributed by atoms with Crippen LogP contribution in [0.25, 0.3) is 0 Å². The van der Waals surface area contributed by atoms with Crippen LogP contribution in [0.1, 0.15) is 38.2 Å². The SMILES string of the molecule is CCNC(=NCCC(=O)NCc1ccccc1)N(C)CCC1CCOCC1. The normalized spacial score (nSPS) is 15.4. The van der Waals surface area contributed by atoms with Gasteiger partial charge in [-0.3, -0.25) is 9.79 Å². The predicted molar refractivity (Wildman–Crippen MR) is 110 cm³/mol. The van der Waals surface area contributed by atoms with Crippen molar-refractivity contribution >= 4 is 11.9 Å². The molecule has 1 aromatic rings. The Morgan fingerprint density at radius 2 is 1.96 bits per heavy atom. The van der Waals surface area contributed by atoms with Crippen molar-refractivity contribution in [2.75, 3.05) is 39.9 Å². The van der Waals surface area contributed by atoms with Gasteiger partial charge in [-0.15, -0.1) is 0 Å². The van der Waals surface area contributed by atoms with Gasteiger partial charge in [-0.1, -0.05) is 30.3 Å². The van der Waals surface area contributed by atoms with E-state index in [4.69, 9.17) is 4.74 Å². The van der Waals surface area contributed by atoms with Crippen molar-refractivity contribution in [3.63, 3.8) is 0 Å². The molecule has 0 aromatic heterocycles. The number of guanidine groups is 1. The third kappa shape index (κ3) is 8.43. The molecule has 1 aliphatic rings. The molecule has 1 fully saturated rings. The molecule has 0 saturated carbocycles. The van der Waals surface area contributed by atoms with Gasteiger partial charge in [0.25, 0.3) is 0 Å². The van der Waals surface area contributed by atoms with E-state index in [0.29, 0.717) is 19.5 Å². The Balaban J connectivity index is 1.71. The molecular weight excluding hydrogens is 340 g/mol. The molecule has 0 radical (unpaired) electrons. The molecule has 1 amide bonds. The van der Waals surface area contributed by atoms with Crippen LogP contribution >= 0.6 is 0 Å². The summed E-state index contributed by atoms with van der Waals surface area (Å²) in [7, 11) is 2.07. The van der Waals surface area contributed by atoms with Gasteiger partial charge < -0.3 is 20.3 Å². The first kappa shape index (κ1) is 21.2. The number of ether oxygens (including phenoxy) is 1. The zero-order valence-corrected chi connectivity index (χ0v) is 16.7. The summed E-state index contributed by atoms with van der Waals surface area (Å²) in [5.74, 6) is 1.65. The third-order valence-corrected chi connectivity index (χ3v) is 4.84. The highest BCUT2D eigenvalue weighted by Crippen LogP contribution is 2.18. The summed E-state index contributed by atoms with van der Waals surface area (Å²) < 4.78 is 5.43. The summed E-state index contributed by atoms with van der Waals surface area (Å²) in [5.41, 5.74) is 1.11. The smallest absolute Gasteiger partial charge is 0.222 e. The number of rotatable bonds is 9. The van der Waals surface area contributed by atoms with Crippen LogP contribution in [0, 0.1) is 5.92 Å². The Kier molecular flexibility index (Phi) is 9.69. The second kappa shape index (κ2) is 12.3. The number of amides is 1. The highest BCUT2D eigenvalue weighted by molar-refractivity contribution is 5.80. The van der Waals surface area contributed by atoms with Gasteiger partial charge in [0.1, 0.15) is 0 Å². The Morgan fingerprint density at radius 3 is 2.67 bits per heavy atom. The van der Waals surface area contributed by atoms with Gasteiger partial charge in [-0.25, -0.2) is 0 Å². The molecular formula is C21H34N4O2. The fraction of sp³-hybridized carbons (Fsp3) is 0.619. The first-order chi connectivity index (χ1) is 13.2. The minimum Gasteiger partial charge on any atom is -0.381 e. The lowest BCUT2D eigenvalue weighted by atomic mass is 9.96. The van der Waals surface area contributed by atoms with Crippen LogP contribution in [0.3, 0.4) is 0 Å². The number of nitrogens with zero attached hydrogens (tertiary/aromatic N) is 2. The standard InChI is InChI=1S/C21H34N4O2/c1-3-22-21(25(2)14-10-18-11-15-27-16-12-18)23-13-9-20(26)24-17-19-7-5-4-6-8-19/h4-8,18H,3,9-17H2,1-2H3,(H,22,23)(H,24,26). The Labute approximate surface area is 163 Å². The van der Waals surface area contributed by atoms with E-state index < -0.39 is 0 Å². The average Bonchev–Trinajstić information content (AvgIpc) is 2.71. The molecule has 0 spiro atoms. The summed E-state index contributed by atoms with van der Waals surface area (Å²) in [4.78, 5) is 18.8. The van der Waals surface area contributed by atoms with Crippen LogP contribution < -0.4 is 10.6 Å². The molecule has 1 aromatic carbocycles. The Morgan fingerprint density at radius 1 is 1.22 bits per heavy atom. The van der Waals surface area contributed by atoms with E-state index in [1.54, 1.807) is 0 Å². The summed E-state index contributed by atoms with van der Waals surface area (Å²) in [6, 6.07) is 9.94. The number of hydrogen-bond acceptors (Lipinski definition) is 3. The summed E-state index contributed by atoms with van der Waals surface area (Å²) in [5, 5.41) is 6.27. The molecule has 0 bridgehead atoms. The van der Waals surface area contributed by atoms with E-state index in [2.05, 4.69) is 34.5 Å². The van der Waals surface area contributed by atoms with Crippen LogP contribution in [-0.4, -0.2) is 56.7 Å². The molecule has 6 nitrogen and oxygen atoms in total. The number of nitrogens with one attached hydrogen (secondary N) is 2. The van der Waals surface area contributed by atoms with Crippen LogP contribution in [0.2, 0.25) is 0 Å². The van der Waals surface area contributed by atoms with Gasteiger partial charge in [0.15, 0.2) is 5.96 Å². The minimum atomic E-state index is 0.0308. The lowest BCUT2D eigenvalue weighted by Crippen LogP contribution is -2.40. The molecule has 0 atom stereocenters. The van der Waals surface area contributed by atoms with Crippen molar-refractivity contribution in [1.82, 2.24) is 15.5 Å². The lowest BCUT2D eigenvalue weighted by molar-refractivity contribution is -0.121. The fourth-order valence-electron chi connectivity index (χ4n) is 3.14.